The van der Waals surface area contributed by atoms with Gasteiger partial charge in [0.05, 0.1) is 6.33 Å². The standard InChI is InChI=1S/C14H22N4O3/c1-9-3-4-18(7-10(9)2)14(21)17-12(13(19)20)5-11-6-15-8-16-11/h6,8-10,12H,3-5,7H2,1-2H3,(H,15,16)(H,17,21)(H,19,20). The van der Waals surface area contributed by atoms with Crippen LogP contribution in [0.4, 0.5) is 4.79 Å². The minimum Gasteiger partial charge on any atom is -0.480 e. The zero-order valence-electron chi connectivity index (χ0n) is 12.4. The Morgan fingerprint density at radius 2 is 2.29 bits per heavy atom. The number of carboxylic acids is 1. The molecule has 116 valence electrons. The van der Waals surface area contributed by atoms with Crippen molar-refractivity contribution in [2.45, 2.75) is 32.7 Å². The van der Waals surface area contributed by atoms with E-state index in [-0.39, 0.29) is 12.5 Å². The Morgan fingerprint density at radius 1 is 1.52 bits per heavy atom. The van der Waals surface area contributed by atoms with Gasteiger partial charge in [0, 0.05) is 31.4 Å². The Labute approximate surface area is 123 Å². The number of piperidine rings is 1. The molecule has 0 saturated carbocycles. The molecule has 2 heterocycles. The van der Waals surface area contributed by atoms with Gasteiger partial charge in [-0.1, -0.05) is 13.8 Å². The van der Waals surface area contributed by atoms with Crippen LogP contribution < -0.4 is 5.32 Å². The van der Waals surface area contributed by atoms with Crippen molar-refractivity contribution in [2.24, 2.45) is 11.8 Å². The van der Waals surface area contributed by atoms with Gasteiger partial charge in [0.2, 0.25) is 0 Å². The highest BCUT2D eigenvalue weighted by Gasteiger charge is 2.29. The smallest absolute Gasteiger partial charge is 0.326 e. The molecule has 2 rings (SSSR count). The second kappa shape index (κ2) is 6.60. The molecule has 1 aliphatic heterocycles. The minimum atomic E-state index is -1.05. The number of amides is 2. The van der Waals surface area contributed by atoms with Crippen LogP contribution in [0, 0.1) is 11.8 Å². The van der Waals surface area contributed by atoms with Crippen LogP contribution in [0.5, 0.6) is 0 Å². The summed E-state index contributed by atoms with van der Waals surface area (Å²) in [5.41, 5.74) is 0.684. The van der Waals surface area contributed by atoms with Crippen LogP contribution in [0.2, 0.25) is 0 Å². The predicted octanol–water partition coefficient (Wildman–Crippen LogP) is 1.09. The molecule has 0 bridgehead atoms. The molecule has 0 spiro atoms. The maximum absolute atomic E-state index is 12.2. The number of nitrogens with one attached hydrogen (secondary N) is 2. The molecule has 7 heteroatoms. The summed E-state index contributed by atoms with van der Waals surface area (Å²) in [5, 5.41) is 11.8. The van der Waals surface area contributed by atoms with Crippen LogP contribution in [0.15, 0.2) is 12.5 Å². The monoisotopic (exact) mass is 294 g/mol. The molecule has 1 aliphatic rings. The summed E-state index contributed by atoms with van der Waals surface area (Å²) in [4.78, 5) is 31.9. The van der Waals surface area contributed by atoms with Crippen LogP contribution in [0.1, 0.15) is 26.0 Å². The lowest BCUT2D eigenvalue weighted by Crippen LogP contribution is -2.52. The maximum Gasteiger partial charge on any atom is 0.326 e. The van der Waals surface area contributed by atoms with Crippen molar-refractivity contribution in [1.29, 1.82) is 0 Å². The van der Waals surface area contributed by atoms with Crippen LogP contribution in [-0.2, 0) is 11.2 Å². The number of urea groups is 1. The summed E-state index contributed by atoms with van der Waals surface area (Å²) in [7, 11) is 0. The number of rotatable bonds is 4. The first-order chi connectivity index (χ1) is 9.97. The van der Waals surface area contributed by atoms with E-state index in [0.29, 0.717) is 30.6 Å². The van der Waals surface area contributed by atoms with Gasteiger partial charge in [-0.15, -0.1) is 0 Å². The lowest BCUT2D eigenvalue weighted by Gasteiger charge is -2.35. The van der Waals surface area contributed by atoms with Gasteiger partial charge in [0.15, 0.2) is 0 Å². The Kier molecular flexibility index (Phi) is 4.82. The number of carbonyl (C=O) groups excluding carboxylic acids is 1. The van der Waals surface area contributed by atoms with Gasteiger partial charge >= 0.3 is 12.0 Å². The average Bonchev–Trinajstić information content (AvgIpc) is 2.93. The Morgan fingerprint density at radius 3 is 2.86 bits per heavy atom. The Bertz CT molecular complexity index is 488. The molecule has 3 unspecified atom stereocenters. The van der Waals surface area contributed by atoms with Crippen LogP contribution >= 0.6 is 0 Å². The Balaban J connectivity index is 1.93. The number of likely N-dealkylation sites (tertiary alicyclic amines) is 1. The lowest BCUT2D eigenvalue weighted by atomic mass is 9.89. The van der Waals surface area contributed by atoms with E-state index in [1.165, 1.54) is 6.33 Å². The van der Waals surface area contributed by atoms with E-state index < -0.39 is 12.0 Å². The maximum atomic E-state index is 12.2. The number of hydrogen-bond acceptors (Lipinski definition) is 3. The van der Waals surface area contributed by atoms with Crippen molar-refractivity contribution in [2.75, 3.05) is 13.1 Å². The van der Waals surface area contributed by atoms with Gasteiger partial charge in [0.1, 0.15) is 6.04 Å². The summed E-state index contributed by atoms with van der Waals surface area (Å²) < 4.78 is 0. The highest BCUT2D eigenvalue weighted by molar-refractivity contribution is 5.82. The Hall–Kier alpha value is -2.05. The summed E-state index contributed by atoms with van der Waals surface area (Å²) >= 11 is 0. The number of aromatic amines is 1. The number of carbonyl (C=O) groups is 2. The third kappa shape index (κ3) is 3.96. The molecule has 3 N–H and O–H groups in total. The summed E-state index contributed by atoms with van der Waals surface area (Å²) in [6, 6.07) is -1.26. The summed E-state index contributed by atoms with van der Waals surface area (Å²) in [6.45, 7) is 5.64. The largest absolute Gasteiger partial charge is 0.480 e. The third-order valence-corrected chi connectivity index (χ3v) is 4.20. The highest BCUT2D eigenvalue weighted by Crippen LogP contribution is 2.22. The summed E-state index contributed by atoms with van der Waals surface area (Å²) in [6.07, 6.45) is 4.20. The molecular formula is C14H22N4O3. The van der Waals surface area contributed by atoms with Crippen LogP contribution in [-0.4, -0.2) is 51.1 Å². The number of aliphatic carboxylic acids is 1. The number of hydrogen-bond donors (Lipinski definition) is 3. The average molecular weight is 294 g/mol. The fourth-order valence-electron chi connectivity index (χ4n) is 2.50. The first-order valence-corrected chi connectivity index (χ1v) is 7.23. The number of aromatic nitrogens is 2. The van der Waals surface area contributed by atoms with Crippen molar-refractivity contribution >= 4 is 12.0 Å². The normalized spacial score (nSPS) is 23.6. The van der Waals surface area contributed by atoms with E-state index in [2.05, 4.69) is 29.1 Å². The van der Waals surface area contributed by atoms with E-state index in [4.69, 9.17) is 0 Å². The first kappa shape index (κ1) is 15.3. The molecule has 1 fully saturated rings. The van der Waals surface area contributed by atoms with Gasteiger partial charge < -0.3 is 20.3 Å². The fraction of sp³-hybridized carbons (Fsp3) is 0.643. The third-order valence-electron chi connectivity index (χ3n) is 4.20. The van der Waals surface area contributed by atoms with Crippen molar-refractivity contribution in [3.05, 3.63) is 18.2 Å². The molecular weight excluding hydrogens is 272 g/mol. The molecule has 7 nitrogen and oxygen atoms in total. The van der Waals surface area contributed by atoms with Crippen molar-refractivity contribution < 1.29 is 14.7 Å². The second-order valence-electron chi connectivity index (χ2n) is 5.81. The molecule has 3 atom stereocenters. The molecule has 0 aromatic carbocycles. The van der Waals surface area contributed by atoms with E-state index >= 15 is 0 Å². The van der Waals surface area contributed by atoms with Crippen LogP contribution in [0.3, 0.4) is 0 Å². The zero-order chi connectivity index (χ0) is 15.4. The molecule has 2 amide bonds. The SMILES string of the molecule is CC1CCN(C(=O)NC(Cc2cnc[nH]2)C(=O)O)CC1C. The number of H-pyrrole nitrogens is 1. The van der Waals surface area contributed by atoms with Crippen molar-refractivity contribution in [3.63, 3.8) is 0 Å². The van der Waals surface area contributed by atoms with E-state index in [0.717, 1.165) is 6.42 Å². The number of nitrogens with zero attached hydrogens (tertiary/aromatic N) is 2. The van der Waals surface area contributed by atoms with Gasteiger partial charge in [-0.25, -0.2) is 14.6 Å². The number of imidazole rings is 1. The minimum absolute atomic E-state index is 0.195. The molecule has 21 heavy (non-hydrogen) atoms. The topological polar surface area (TPSA) is 98.3 Å². The quantitative estimate of drug-likeness (QED) is 0.774. The second-order valence-corrected chi connectivity index (χ2v) is 5.81. The van der Waals surface area contributed by atoms with Gasteiger partial charge in [0.25, 0.3) is 0 Å². The molecule has 1 saturated heterocycles. The van der Waals surface area contributed by atoms with Gasteiger partial charge in [-0.3, -0.25) is 0 Å². The number of carboxylic acid groups (broad SMARTS) is 1. The van der Waals surface area contributed by atoms with Gasteiger partial charge in [-0.05, 0) is 18.3 Å². The summed E-state index contributed by atoms with van der Waals surface area (Å²) in [5.74, 6) is -0.0222. The lowest BCUT2D eigenvalue weighted by molar-refractivity contribution is -0.139. The fourth-order valence-corrected chi connectivity index (χ4v) is 2.50. The van der Waals surface area contributed by atoms with Crippen molar-refractivity contribution in [3.8, 4) is 0 Å². The van der Waals surface area contributed by atoms with Gasteiger partial charge in [-0.2, -0.15) is 0 Å². The van der Waals surface area contributed by atoms with E-state index in [1.807, 2.05) is 0 Å². The molecule has 0 aliphatic carbocycles. The zero-order valence-corrected chi connectivity index (χ0v) is 12.4. The van der Waals surface area contributed by atoms with E-state index in [1.54, 1.807) is 11.1 Å². The predicted molar refractivity (Wildman–Crippen MR) is 76.8 cm³/mol. The molecule has 1 aromatic rings. The van der Waals surface area contributed by atoms with Crippen LogP contribution in [0.25, 0.3) is 0 Å². The first-order valence-electron chi connectivity index (χ1n) is 7.23. The van der Waals surface area contributed by atoms with Crippen molar-refractivity contribution in [1.82, 2.24) is 20.2 Å². The van der Waals surface area contributed by atoms with E-state index in [9.17, 15) is 14.7 Å². The molecule has 1 aromatic heterocycles. The molecule has 0 radical (unpaired) electrons. The highest BCUT2D eigenvalue weighted by atomic mass is 16.4.